The van der Waals surface area contributed by atoms with Gasteiger partial charge in [-0.3, -0.25) is 4.79 Å². The second-order valence-electron chi connectivity index (χ2n) is 7.18. The molecule has 1 amide bonds. The van der Waals surface area contributed by atoms with Gasteiger partial charge in [-0.2, -0.15) is 0 Å². The van der Waals surface area contributed by atoms with Crippen molar-refractivity contribution in [3.63, 3.8) is 0 Å². The van der Waals surface area contributed by atoms with Crippen molar-refractivity contribution >= 4 is 15.9 Å². The van der Waals surface area contributed by atoms with Crippen LogP contribution in [0.2, 0.25) is 0 Å². The maximum absolute atomic E-state index is 12.7. The molecule has 6 heteroatoms. The summed E-state index contributed by atoms with van der Waals surface area (Å²) in [6.07, 6.45) is 4.70. The molecule has 2 fully saturated rings. The molecule has 2 N–H and O–H groups in total. The molecule has 4 rings (SSSR count). The number of benzene rings is 2. The quantitative estimate of drug-likeness (QED) is 0.821. The lowest BCUT2D eigenvalue weighted by molar-refractivity contribution is 0.0823. The number of hydrogen-bond donors (Lipinski definition) is 2. The summed E-state index contributed by atoms with van der Waals surface area (Å²) in [6, 6.07) is 16.2. The van der Waals surface area contributed by atoms with Crippen molar-refractivity contribution in [2.24, 2.45) is 0 Å². The third-order valence-electron chi connectivity index (χ3n) is 5.21. The molecule has 2 aromatic carbocycles. The van der Waals surface area contributed by atoms with Crippen molar-refractivity contribution in [2.75, 3.05) is 0 Å². The normalized spacial score (nSPS) is 18.8. The average molecular weight is 370 g/mol. The summed E-state index contributed by atoms with van der Waals surface area (Å²) in [5.41, 5.74) is 1.28. The first kappa shape index (κ1) is 17.2. The fourth-order valence-electron chi connectivity index (χ4n) is 3.34. The number of nitrogens with one attached hydrogen (secondary N) is 2. The molecule has 0 bridgehead atoms. The van der Waals surface area contributed by atoms with E-state index in [1.54, 1.807) is 12.1 Å². The number of rotatable bonds is 6. The molecule has 136 valence electrons. The van der Waals surface area contributed by atoms with E-state index in [2.05, 4.69) is 10.0 Å². The van der Waals surface area contributed by atoms with E-state index in [1.165, 1.54) is 12.1 Å². The Morgan fingerprint density at radius 3 is 2.15 bits per heavy atom. The molecule has 0 unspecified atom stereocenters. The Hall–Kier alpha value is -2.18. The fraction of sp³-hybridized carbons (Fsp3) is 0.350. The van der Waals surface area contributed by atoms with Crippen LogP contribution < -0.4 is 10.0 Å². The van der Waals surface area contributed by atoms with Gasteiger partial charge in [-0.15, -0.1) is 0 Å². The Bertz CT molecular complexity index is 900. The summed E-state index contributed by atoms with van der Waals surface area (Å²) < 4.78 is 27.1. The lowest BCUT2D eigenvalue weighted by atomic mass is 9.71. The Balaban J connectivity index is 1.50. The summed E-state index contributed by atoms with van der Waals surface area (Å²) in [6.45, 7) is 0. The van der Waals surface area contributed by atoms with Crippen LogP contribution in [0.4, 0.5) is 0 Å². The first-order chi connectivity index (χ1) is 12.5. The van der Waals surface area contributed by atoms with Gasteiger partial charge < -0.3 is 5.32 Å². The first-order valence-electron chi connectivity index (χ1n) is 8.99. The van der Waals surface area contributed by atoms with Crippen molar-refractivity contribution in [3.05, 3.63) is 65.7 Å². The summed E-state index contributed by atoms with van der Waals surface area (Å²) in [4.78, 5) is 12.9. The van der Waals surface area contributed by atoms with Crippen LogP contribution >= 0.6 is 0 Å². The van der Waals surface area contributed by atoms with E-state index < -0.39 is 10.0 Å². The maximum atomic E-state index is 12.7. The Morgan fingerprint density at radius 1 is 0.962 bits per heavy atom. The highest BCUT2D eigenvalue weighted by Gasteiger charge is 2.40. The van der Waals surface area contributed by atoms with E-state index in [0.29, 0.717) is 5.56 Å². The zero-order chi connectivity index (χ0) is 18.2. The van der Waals surface area contributed by atoms with E-state index in [-0.39, 0.29) is 22.4 Å². The smallest absolute Gasteiger partial charge is 0.251 e. The van der Waals surface area contributed by atoms with Crippen LogP contribution in [0.25, 0.3) is 0 Å². The predicted octanol–water partition coefficient (Wildman–Crippen LogP) is 2.94. The lowest BCUT2D eigenvalue weighted by Crippen LogP contribution is -2.50. The molecule has 0 atom stereocenters. The summed E-state index contributed by atoms with van der Waals surface area (Å²) in [5.74, 6) is -0.173. The van der Waals surface area contributed by atoms with E-state index >= 15 is 0 Å². The van der Waals surface area contributed by atoms with Crippen molar-refractivity contribution in [1.29, 1.82) is 0 Å². The molecule has 26 heavy (non-hydrogen) atoms. The Morgan fingerprint density at radius 2 is 1.62 bits per heavy atom. The summed E-state index contributed by atoms with van der Waals surface area (Å²) in [5, 5.41) is 3.16. The summed E-state index contributed by atoms with van der Waals surface area (Å²) in [7, 11) is -3.49. The van der Waals surface area contributed by atoms with Gasteiger partial charge in [0.15, 0.2) is 0 Å². The molecule has 0 aromatic heterocycles. The molecular weight excluding hydrogens is 348 g/mol. The van der Waals surface area contributed by atoms with Crippen LogP contribution in [0, 0.1) is 0 Å². The molecular formula is C20H22N2O3S. The second-order valence-corrected chi connectivity index (χ2v) is 8.89. The van der Waals surface area contributed by atoms with Gasteiger partial charge in [-0.25, -0.2) is 13.1 Å². The van der Waals surface area contributed by atoms with Gasteiger partial charge in [0.1, 0.15) is 0 Å². The Kier molecular flexibility index (Phi) is 4.32. The van der Waals surface area contributed by atoms with Crippen LogP contribution in [0.15, 0.2) is 59.5 Å². The summed E-state index contributed by atoms with van der Waals surface area (Å²) >= 11 is 0. The van der Waals surface area contributed by atoms with E-state index in [9.17, 15) is 13.2 Å². The minimum absolute atomic E-state index is 0.0623. The number of amides is 1. The van der Waals surface area contributed by atoms with Gasteiger partial charge in [-0.1, -0.05) is 30.3 Å². The van der Waals surface area contributed by atoms with Gasteiger partial charge in [0.05, 0.1) is 10.4 Å². The minimum Gasteiger partial charge on any atom is -0.343 e. The lowest BCUT2D eigenvalue weighted by Gasteiger charge is -2.43. The molecule has 0 heterocycles. The molecule has 2 aromatic rings. The van der Waals surface area contributed by atoms with Gasteiger partial charge in [0.2, 0.25) is 10.0 Å². The van der Waals surface area contributed by atoms with Crippen LogP contribution in [0.3, 0.4) is 0 Å². The minimum atomic E-state index is -3.49. The topological polar surface area (TPSA) is 75.3 Å². The standard InChI is InChI=1S/C20H22N2O3S/c23-19(21-20(13-4-14-20)16-5-2-1-3-6-16)15-7-11-18(12-8-15)26(24,25)22-17-9-10-17/h1-3,5-8,11-12,17,22H,4,9-10,13-14H2,(H,21,23). The molecule has 0 aliphatic heterocycles. The SMILES string of the molecule is O=C(NC1(c2ccccc2)CCC1)c1ccc(S(=O)(=O)NC2CC2)cc1. The van der Waals surface area contributed by atoms with E-state index in [4.69, 9.17) is 0 Å². The molecule has 0 saturated heterocycles. The maximum Gasteiger partial charge on any atom is 0.251 e. The van der Waals surface area contributed by atoms with Gasteiger partial charge in [0, 0.05) is 11.6 Å². The molecule has 5 nitrogen and oxygen atoms in total. The molecule has 2 aliphatic carbocycles. The van der Waals surface area contributed by atoms with Crippen LogP contribution in [0.1, 0.15) is 48.0 Å². The van der Waals surface area contributed by atoms with E-state index in [1.807, 2.05) is 30.3 Å². The second kappa shape index (κ2) is 6.52. The zero-order valence-corrected chi connectivity index (χ0v) is 15.3. The van der Waals surface area contributed by atoms with Crippen LogP contribution in [-0.4, -0.2) is 20.4 Å². The largest absolute Gasteiger partial charge is 0.343 e. The van der Waals surface area contributed by atoms with Crippen LogP contribution in [-0.2, 0) is 15.6 Å². The van der Waals surface area contributed by atoms with Crippen molar-refractivity contribution in [1.82, 2.24) is 10.0 Å². The average Bonchev–Trinajstić information content (AvgIpc) is 3.42. The number of carbonyl (C=O) groups excluding carboxylic acids is 1. The highest BCUT2D eigenvalue weighted by Crippen LogP contribution is 2.41. The number of sulfonamides is 1. The van der Waals surface area contributed by atoms with E-state index in [0.717, 1.165) is 37.7 Å². The monoisotopic (exact) mass is 370 g/mol. The van der Waals surface area contributed by atoms with Gasteiger partial charge >= 0.3 is 0 Å². The van der Waals surface area contributed by atoms with Gasteiger partial charge in [-0.05, 0) is 61.9 Å². The third-order valence-corrected chi connectivity index (χ3v) is 6.75. The number of hydrogen-bond acceptors (Lipinski definition) is 3. The van der Waals surface area contributed by atoms with Crippen LogP contribution in [0.5, 0.6) is 0 Å². The molecule has 0 radical (unpaired) electrons. The molecule has 2 saturated carbocycles. The van der Waals surface area contributed by atoms with Crippen molar-refractivity contribution in [3.8, 4) is 0 Å². The molecule has 2 aliphatic rings. The predicted molar refractivity (Wildman–Crippen MR) is 99.2 cm³/mol. The zero-order valence-electron chi connectivity index (χ0n) is 14.4. The highest BCUT2D eigenvalue weighted by molar-refractivity contribution is 7.89. The van der Waals surface area contributed by atoms with Crippen molar-refractivity contribution in [2.45, 2.75) is 48.6 Å². The van der Waals surface area contributed by atoms with Crippen molar-refractivity contribution < 1.29 is 13.2 Å². The fourth-order valence-corrected chi connectivity index (χ4v) is 4.64. The third kappa shape index (κ3) is 3.39. The Labute approximate surface area is 153 Å². The highest BCUT2D eigenvalue weighted by atomic mass is 32.2. The first-order valence-corrected chi connectivity index (χ1v) is 10.5. The van der Waals surface area contributed by atoms with Gasteiger partial charge in [0.25, 0.3) is 5.91 Å². The molecule has 0 spiro atoms. The number of carbonyl (C=O) groups is 1.